The molecule has 156 valence electrons. The summed E-state index contributed by atoms with van der Waals surface area (Å²) in [6, 6.07) is 10.1. The smallest absolute Gasteiger partial charge is 0.263 e. The van der Waals surface area contributed by atoms with Gasteiger partial charge in [-0.3, -0.25) is 9.59 Å². The van der Waals surface area contributed by atoms with Crippen LogP contribution in [-0.2, 0) is 17.8 Å². The third-order valence-corrected chi connectivity index (χ3v) is 5.33. The number of hydrogen-bond acceptors (Lipinski definition) is 5. The largest absolute Gasteiger partial charge is 0.497 e. The molecule has 0 spiro atoms. The molecule has 0 unspecified atom stereocenters. The Balaban J connectivity index is 1.60. The lowest BCUT2D eigenvalue weighted by Gasteiger charge is -2.06. The third kappa shape index (κ3) is 5.38. The number of nitrogens with one attached hydrogen (secondary N) is 2. The van der Waals surface area contributed by atoms with Gasteiger partial charge in [0.25, 0.3) is 5.91 Å². The van der Waals surface area contributed by atoms with Crippen molar-refractivity contribution in [2.24, 2.45) is 0 Å². The molecule has 1 aromatic heterocycles. The van der Waals surface area contributed by atoms with Crippen molar-refractivity contribution in [1.29, 1.82) is 0 Å². The SMILES string of the molecule is COc1ccc(CNC(=O)c2sc(CC(=O)Nc3cc(F)ccc3F)nc2C)cc1. The Morgan fingerprint density at radius 2 is 1.87 bits per heavy atom. The highest BCUT2D eigenvalue weighted by Gasteiger charge is 2.17. The van der Waals surface area contributed by atoms with Gasteiger partial charge in [0.1, 0.15) is 27.3 Å². The summed E-state index contributed by atoms with van der Waals surface area (Å²) in [6.07, 6.45) is -0.160. The van der Waals surface area contributed by atoms with Crippen LogP contribution < -0.4 is 15.4 Å². The van der Waals surface area contributed by atoms with Crippen molar-refractivity contribution in [3.8, 4) is 5.75 Å². The second kappa shape index (κ2) is 9.45. The number of benzene rings is 2. The molecule has 0 aliphatic rings. The molecule has 0 aliphatic carbocycles. The van der Waals surface area contributed by atoms with Crippen molar-refractivity contribution < 1.29 is 23.1 Å². The molecule has 0 bridgehead atoms. The molecule has 0 atom stereocenters. The van der Waals surface area contributed by atoms with Gasteiger partial charge in [-0.15, -0.1) is 11.3 Å². The zero-order valence-electron chi connectivity index (χ0n) is 16.3. The fourth-order valence-corrected chi connectivity index (χ4v) is 3.65. The van der Waals surface area contributed by atoms with Crippen molar-refractivity contribution >= 4 is 28.8 Å². The Morgan fingerprint density at radius 1 is 1.13 bits per heavy atom. The summed E-state index contributed by atoms with van der Waals surface area (Å²) in [6.45, 7) is 2.00. The predicted molar refractivity (Wildman–Crippen MR) is 110 cm³/mol. The summed E-state index contributed by atoms with van der Waals surface area (Å²) in [7, 11) is 1.58. The number of halogens is 2. The number of carbonyl (C=O) groups is 2. The molecule has 9 heteroatoms. The molecular weight excluding hydrogens is 412 g/mol. The van der Waals surface area contributed by atoms with Gasteiger partial charge in [-0.1, -0.05) is 12.1 Å². The Hall–Kier alpha value is -3.33. The van der Waals surface area contributed by atoms with E-state index >= 15 is 0 Å². The second-order valence-corrected chi connectivity index (χ2v) is 7.49. The lowest BCUT2D eigenvalue weighted by atomic mass is 10.2. The molecule has 0 radical (unpaired) electrons. The van der Waals surface area contributed by atoms with E-state index < -0.39 is 17.5 Å². The van der Waals surface area contributed by atoms with Gasteiger partial charge in [0.2, 0.25) is 5.91 Å². The number of hydrogen-bond donors (Lipinski definition) is 2. The number of nitrogens with zero attached hydrogens (tertiary/aromatic N) is 1. The Morgan fingerprint density at radius 3 is 2.57 bits per heavy atom. The maximum Gasteiger partial charge on any atom is 0.263 e. The molecule has 2 N–H and O–H groups in total. The molecule has 3 aromatic rings. The summed E-state index contributed by atoms with van der Waals surface area (Å²) in [5, 5.41) is 5.53. The highest BCUT2D eigenvalue weighted by atomic mass is 32.1. The van der Waals surface area contributed by atoms with E-state index in [2.05, 4.69) is 15.6 Å². The number of ether oxygens (including phenoxy) is 1. The Kier molecular flexibility index (Phi) is 6.73. The lowest BCUT2D eigenvalue weighted by molar-refractivity contribution is -0.115. The van der Waals surface area contributed by atoms with Crippen LogP contribution in [0.3, 0.4) is 0 Å². The first-order valence-electron chi connectivity index (χ1n) is 8.98. The summed E-state index contributed by atoms with van der Waals surface area (Å²) in [4.78, 5) is 29.3. The van der Waals surface area contributed by atoms with E-state index in [4.69, 9.17) is 4.74 Å². The van der Waals surface area contributed by atoms with Crippen molar-refractivity contribution in [2.45, 2.75) is 19.9 Å². The number of anilines is 1. The van der Waals surface area contributed by atoms with Gasteiger partial charge in [0, 0.05) is 12.6 Å². The van der Waals surface area contributed by atoms with Gasteiger partial charge in [-0.05, 0) is 36.8 Å². The van der Waals surface area contributed by atoms with Gasteiger partial charge in [-0.2, -0.15) is 0 Å². The lowest BCUT2D eigenvalue weighted by Crippen LogP contribution is -2.22. The average Bonchev–Trinajstić information content (AvgIpc) is 3.09. The highest BCUT2D eigenvalue weighted by Crippen LogP contribution is 2.20. The van der Waals surface area contributed by atoms with Gasteiger partial charge < -0.3 is 15.4 Å². The summed E-state index contributed by atoms with van der Waals surface area (Å²) >= 11 is 1.08. The van der Waals surface area contributed by atoms with E-state index in [1.54, 1.807) is 26.2 Å². The number of aryl methyl sites for hydroxylation is 1. The minimum Gasteiger partial charge on any atom is -0.497 e. The summed E-state index contributed by atoms with van der Waals surface area (Å²) in [5.41, 5.74) is 1.15. The first kappa shape index (κ1) is 21.4. The number of methoxy groups -OCH3 is 1. The molecule has 0 aliphatic heterocycles. The van der Waals surface area contributed by atoms with Crippen molar-refractivity contribution in [2.75, 3.05) is 12.4 Å². The molecule has 30 heavy (non-hydrogen) atoms. The van der Waals surface area contributed by atoms with E-state index in [1.807, 2.05) is 12.1 Å². The van der Waals surface area contributed by atoms with Crippen molar-refractivity contribution in [3.05, 3.63) is 75.2 Å². The first-order chi connectivity index (χ1) is 14.4. The van der Waals surface area contributed by atoms with E-state index in [0.717, 1.165) is 40.8 Å². The van der Waals surface area contributed by atoms with Crippen molar-refractivity contribution in [3.63, 3.8) is 0 Å². The molecular formula is C21H19F2N3O3S. The third-order valence-electron chi connectivity index (χ3n) is 4.17. The molecule has 0 saturated carbocycles. The van der Waals surface area contributed by atoms with E-state index in [1.165, 1.54) is 0 Å². The van der Waals surface area contributed by atoms with Crippen LogP contribution in [0.5, 0.6) is 5.75 Å². The summed E-state index contributed by atoms with van der Waals surface area (Å²) in [5.74, 6) is -1.53. The van der Waals surface area contributed by atoms with E-state index in [9.17, 15) is 18.4 Å². The quantitative estimate of drug-likeness (QED) is 0.596. The van der Waals surface area contributed by atoms with Gasteiger partial charge >= 0.3 is 0 Å². The number of thiazole rings is 1. The number of aromatic nitrogens is 1. The second-order valence-electron chi connectivity index (χ2n) is 6.40. The molecule has 3 rings (SSSR count). The van der Waals surface area contributed by atoms with Crippen LogP contribution in [0.1, 0.15) is 25.9 Å². The molecule has 2 aromatic carbocycles. The standard InChI is InChI=1S/C21H19F2N3O3S/c1-12-20(21(28)24-11-13-3-6-15(29-2)7-4-13)30-19(25-12)10-18(27)26-17-9-14(22)5-8-16(17)23/h3-9H,10-11H2,1-2H3,(H,24,28)(H,26,27). The van der Waals surface area contributed by atoms with Crippen LogP contribution in [0, 0.1) is 18.6 Å². The summed E-state index contributed by atoms with van der Waals surface area (Å²) < 4.78 is 32.0. The van der Waals surface area contributed by atoms with E-state index in [-0.39, 0.29) is 18.0 Å². The zero-order chi connectivity index (χ0) is 21.7. The van der Waals surface area contributed by atoms with Gasteiger partial charge in [-0.25, -0.2) is 13.8 Å². The molecule has 0 fully saturated rings. The maximum absolute atomic E-state index is 13.7. The zero-order valence-corrected chi connectivity index (χ0v) is 17.1. The fraction of sp³-hybridized carbons (Fsp3) is 0.190. The number of carbonyl (C=O) groups excluding carboxylic acids is 2. The van der Waals surface area contributed by atoms with Crippen LogP contribution >= 0.6 is 11.3 Å². The Bertz CT molecular complexity index is 1070. The normalized spacial score (nSPS) is 10.5. The van der Waals surface area contributed by atoms with Gasteiger partial charge in [0.05, 0.1) is 24.9 Å². The molecule has 1 heterocycles. The Labute approximate surface area is 175 Å². The minimum atomic E-state index is -0.737. The fourth-order valence-electron chi connectivity index (χ4n) is 2.67. The van der Waals surface area contributed by atoms with Gasteiger partial charge in [0.15, 0.2) is 0 Å². The minimum absolute atomic E-state index is 0.160. The van der Waals surface area contributed by atoms with E-state index in [0.29, 0.717) is 22.1 Å². The predicted octanol–water partition coefficient (Wildman–Crippen LogP) is 3.85. The van der Waals surface area contributed by atoms with Crippen LogP contribution in [0.25, 0.3) is 0 Å². The molecule has 0 saturated heterocycles. The van der Waals surface area contributed by atoms with Crippen LogP contribution in [0.15, 0.2) is 42.5 Å². The topological polar surface area (TPSA) is 80.3 Å². The maximum atomic E-state index is 13.7. The van der Waals surface area contributed by atoms with Crippen LogP contribution in [0.4, 0.5) is 14.5 Å². The average molecular weight is 431 g/mol. The van der Waals surface area contributed by atoms with Crippen LogP contribution in [-0.4, -0.2) is 23.9 Å². The molecule has 2 amide bonds. The van der Waals surface area contributed by atoms with Crippen molar-refractivity contribution in [1.82, 2.24) is 10.3 Å². The number of rotatable bonds is 7. The monoisotopic (exact) mass is 431 g/mol. The molecule has 6 nitrogen and oxygen atoms in total. The highest BCUT2D eigenvalue weighted by molar-refractivity contribution is 7.13. The first-order valence-corrected chi connectivity index (χ1v) is 9.79. The number of amides is 2. The van der Waals surface area contributed by atoms with Crippen LogP contribution in [0.2, 0.25) is 0 Å².